The number of hydrogen-bond donors (Lipinski definition) is 1. The van der Waals surface area contributed by atoms with Crippen molar-refractivity contribution >= 4 is 22.6 Å². The molecule has 1 saturated heterocycles. The van der Waals surface area contributed by atoms with E-state index in [1.165, 1.54) is 29.5 Å². The zero-order chi connectivity index (χ0) is 24.0. The van der Waals surface area contributed by atoms with Gasteiger partial charge < -0.3 is 15.0 Å². The van der Waals surface area contributed by atoms with E-state index in [1.807, 2.05) is 20.8 Å². The second-order valence-corrected chi connectivity index (χ2v) is 12.8. The lowest BCUT2D eigenvalue weighted by Gasteiger charge is -2.42. The summed E-state index contributed by atoms with van der Waals surface area (Å²) in [4.78, 5) is 19.5. The summed E-state index contributed by atoms with van der Waals surface area (Å²) in [7, 11) is 0. The Bertz CT molecular complexity index is 1020. The van der Waals surface area contributed by atoms with E-state index >= 15 is 0 Å². The largest absolute Gasteiger partial charge is 0.444 e. The molecule has 1 fully saturated rings. The maximum atomic E-state index is 12.2. The molecule has 6 heteroatoms. The molecule has 1 aromatic heterocycles. The normalized spacial score (nSPS) is 21.9. The van der Waals surface area contributed by atoms with E-state index in [1.54, 1.807) is 11.3 Å². The Balaban J connectivity index is 1.50. The molecule has 1 amide bonds. The van der Waals surface area contributed by atoms with Crippen LogP contribution >= 0.6 is 11.3 Å². The van der Waals surface area contributed by atoms with Crippen molar-refractivity contribution in [3.8, 4) is 11.3 Å². The predicted molar refractivity (Wildman–Crippen MR) is 137 cm³/mol. The number of hydrogen-bond acceptors (Lipinski definition) is 5. The molecule has 0 radical (unpaired) electrons. The number of benzene rings is 1. The molecule has 1 aromatic carbocycles. The molecule has 0 bridgehead atoms. The Morgan fingerprint density at radius 1 is 1.15 bits per heavy atom. The van der Waals surface area contributed by atoms with Gasteiger partial charge in [0.15, 0.2) is 5.13 Å². The second kappa shape index (κ2) is 8.61. The van der Waals surface area contributed by atoms with Crippen LogP contribution < -0.4 is 10.2 Å². The first-order valence-electron chi connectivity index (χ1n) is 12.2. The zero-order valence-corrected chi connectivity index (χ0v) is 22.1. The molecule has 1 aliphatic carbocycles. The van der Waals surface area contributed by atoms with Crippen molar-refractivity contribution < 1.29 is 9.53 Å². The summed E-state index contributed by atoms with van der Waals surface area (Å²) in [6.45, 7) is 16.8. The first-order chi connectivity index (χ1) is 15.3. The number of alkyl carbamates (subject to hydrolysis) is 1. The van der Waals surface area contributed by atoms with Gasteiger partial charge in [0.1, 0.15) is 5.60 Å². The Kier molecular flexibility index (Phi) is 6.27. The number of nitrogens with zero attached hydrogens (tertiary/aromatic N) is 2. The highest BCUT2D eigenvalue weighted by Crippen LogP contribution is 2.47. The van der Waals surface area contributed by atoms with Crippen molar-refractivity contribution in [3.05, 3.63) is 34.7 Å². The van der Waals surface area contributed by atoms with E-state index in [4.69, 9.17) is 9.72 Å². The highest BCUT2D eigenvalue weighted by Gasteiger charge is 2.37. The maximum Gasteiger partial charge on any atom is 0.407 e. The van der Waals surface area contributed by atoms with Crippen molar-refractivity contribution in [2.45, 2.75) is 96.6 Å². The van der Waals surface area contributed by atoms with Gasteiger partial charge in [-0.05, 0) is 74.5 Å². The molecule has 4 rings (SSSR count). The molecule has 2 aromatic rings. The molecule has 5 nitrogen and oxygen atoms in total. The van der Waals surface area contributed by atoms with Crippen molar-refractivity contribution in [3.63, 3.8) is 0 Å². The Hall–Kier alpha value is -2.08. The van der Waals surface area contributed by atoms with E-state index in [9.17, 15) is 4.79 Å². The van der Waals surface area contributed by atoms with E-state index in [0.29, 0.717) is 0 Å². The summed E-state index contributed by atoms with van der Waals surface area (Å²) in [5.74, 6) is 0. The molecule has 1 unspecified atom stereocenters. The SMILES string of the molecule is CC(C)(C)OC(=O)NC1CCCN(c2nc(-c3ccc4c(c3)C(C)(C)CCC4(C)C)cs2)C1. The van der Waals surface area contributed by atoms with Crippen LogP contribution in [-0.4, -0.2) is 35.8 Å². The van der Waals surface area contributed by atoms with Crippen LogP contribution in [0.1, 0.15) is 85.3 Å². The summed E-state index contributed by atoms with van der Waals surface area (Å²) in [6.07, 6.45) is 4.08. The van der Waals surface area contributed by atoms with E-state index in [2.05, 4.69) is 61.5 Å². The van der Waals surface area contributed by atoms with Gasteiger partial charge in [-0.1, -0.05) is 39.8 Å². The summed E-state index contributed by atoms with van der Waals surface area (Å²) < 4.78 is 5.44. The number of thiazole rings is 1. The molecule has 1 atom stereocenters. The Morgan fingerprint density at radius 3 is 2.55 bits per heavy atom. The molecular formula is C27H39N3O2S. The van der Waals surface area contributed by atoms with Gasteiger partial charge in [0.25, 0.3) is 0 Å². The second-order valence-electron chi connectivity index (χ2n) is 12.0. The smallest absolute Gasteiger partial charge is 0.407 e. The molecule has 2 aliphatic rings. The van der Waals surface area contributed by atoms with Gasteiger partial charge in [0.2, 0.25) is 0 Å². The highest BCUT2D eigenvalue weighted by molar-refractivity contribution is 7.14. The quantitative estimate of drug-likeness (QED) is 0.546. The van der Waals surface area contributed by atoms with Crippen LogP contribution in [0.3, 0.4) is 0 Å². The fraction of sp³-hybridized carbons (Fsp3) is 0.630. The Labute approximate surface area is 202 Å². The van der Waals surface area contributed by atoms with Crippen molar-refractivity contribution in [1.82, 2.24) is 10.3 Å². The fourth-order valence-corrected chi connectivity index (χ4v) is 5.90. The van der Waals surface area contributed by atoms with Crippen molar-refractivity contribution in [2.75, 3.05) is 18.0 Å². The number of anilines is 1. The lowest BCUT2D eigenvalue weighted by atomic mass is 9.63. The first-order valence-corrected chi connectivity index (χ1v) is 13.1. The number of carbonyl (C=O) groups is 1. The molecule has 180 valence electrons. The van der Waals surface area contributed by atoms with Gasteiger partial charge in [-0.3, -0.25) is 0 Å². The number of fused-ring (bicyclic) bond motifs is 1. The van der Waals surface area contributed by atoms with Gasteiger partial charge in [-0.2, -0.15) is 0 Å². The van der Waals surface area contributed by atoms with E-state index in [0.717, 1.165) is 36.8 Å². The highest BCUT2D eigenvalue weighted by atomic mass is 32.1. The van der Waals surface area contributed by atoms with Gasteiger partial charge in [-0.25, -0.2) is 9.78 Å². The number of ether oxygens (including phenoxy) is 1. The van der Waals surface area contributed by atoms with Gasteiger partial charge >= 0.3 is 6.09 Å². The first kappa shape index (κ1) is 24.1. The van der Waals surface area contributed by atoms with Crippen LogP contribution in [0.2, 0.25) is 0 Å². The van der Waals surface area contributed by atoms with Gasteiger partial charge in [0.05, 0.1) is 5.69 Å². The van der Waals surface area contributed by atoms with E-state index < -0.39 is 5.60 Å². The summed E-state index contributed by atoms with van der Waals surface area (Å²) >= 11 is 1.69. The number of carbonyl (C=O) groups excluding carboxylic acids is 1. The third-order valence-electron chi connectivity index (χ3n) is 7.05. The molecule has 33 heavy (non-hydrogen) atoms. The van der Waals surface area contributed by atoms with Crippen LogP contribution in [0.4, 0.5) is 9.93 Å². The zero-order valence-electron chi connectivity index (χ0n) is 21.2. The third kappa shape index (κ3) is 5.37. The third-order valence-corrected chi connectivity index (χ3v) is 7.95. The maximum absolute atomic E-state index is 12.2. The lowest BCUT2D eigenvalue weighted by molar-refractivity contribution is 0.0500. The fourth-order valence-electron chi connectivity index (χ4n) is 5.03. The number of aromatic nitrogens is 1. The minimum absolute atomic E-state index is 0.0766. The standard InChI is InChI=1S/C27H39N3O2S/c1-25(2,3)32-24(31)28-19-9-8-14-30(16-19)23-29-22(17-33-23)18-10-11-20-21(15-18)27(6,7)13-12-26(20,4)5/h10-11,15,17,19H,8-9,12-14,16H2,1-7H3,(H,28,31). The van der Waals surface area contributed by atoms with Gasteiger partial charge in [0, 0.05) is 30.1 Å². The van der Waals surface area contributed by atoms with Crippen molar-refractivity contribution in [1.29, 1.82) is 0 Å². The number of piperidine rings is 1. The average molecular weight is 470 g/mol. The minimum atomic E-state index is -0.485. The molecule has 2 heterocycles. The monoisotopic (exact) mass is 469 g/mol. The van der Waals surface area contributed by atoms with Crippen LogP contribution in [0, 0.1) is 0 Å². The van der Waals surface area contributed by atoms with Crippen LogP contribution in [0.5, 0.6) is 0 Å². The van der Waals surface area contributed by atoms with Crippen LogP contribution in [0.25, 0.3) is 11.3 Å². The molecule has 0 spiro atoms. The van der Waals surface area contributed by atoms with Crippen LogP contribution in [-0.2, 0) is 15.6 Å². The number of amides is 1. The molecular weight excluding hydrogens is 430 g/mol. The van der Waals surface area contributed by atoms with Crippen LogP contribution in [0.15, 0.2) is 23.6 Å². The number of nitrogens with one attached hydrogen (secondary N) is 1. The summed E-state index contributed by atoms with van der Waals surface area (Å²) in [6, 6.07) is 7.02. The number of rotatable bonds is 3. The van der Waals surface area contributed by atoms with Crippen molar-refractivity contribution in [2.24, 2.45) is 0 Å². The molecule has 1 aliphatic heterocycles. The summed E-state index contributed by atoms with van der Waals surface area (Å²) in [5.41, 5.74) is 5.10. The summed E-state index contributed by atoms with van der Waals surface area (Å²) in [5, 5.41) is 6.23. The topological polar surface area (TPSA) is 54.5 Å². The lowest BCUT2D eigenvalue weighted by Crippen LogP contribution is -2.49. The van der Waals surface area contributed by atoms with E-state index in [-0.39, 0.29) is 23.0 Å². The molecule has 1 N–H and O–H groups in total. The average Bonchev–Trinajstić information content (AvgIpc) is 3.20. The van der Waals surface area contributed by atoms with Gasteiger partial charge in [-0.15, -0.1) is 11.3 Å². The predicted octanol–water partition coefficient (Wildman–Crippen LogP) is 6.65. The molecule has 0 saturated carbocycles. The Morgan fingerprint density at radius 2 is 1.85 bits per heavy atom. The minimum Gasteiger partial charge on any atom is -0.444 e.